The highest BCUT2D eigenvalue weighted by Gasteiger charge is 2.45. The van der Waals surface area contributed by atoms with Gasteiger partial charge in [-0.2, -0.15) is 0 Å². The third-order valence-electron chi connectivity index (χ3n) is 7.39. The molecular weight excluding hydrogens is 422 g/mol. The quantitative estimate of drug-likeness (QED) is 0.419. The minimum Gasteiger partial charge on any atom is -0.487 e. The van der Waals surface area contributed by atoms with E-state index in [0.717, 1.165) is 43.5 Å². The zero-order valence-electron chi connectivity index (χ0n) is 19.9. The van der Waals surface area contributed by atoms with Crippen LogP contribution >= 0.6 is 0 Å². The zero-order chi connectivity index (χ0) is 23.4. The second kappa shape index (κ2) is 10.2. The molecule has 1 aromatic heterocycles. The van der Waals surface area contributed by atoms with E-state index in [1.807, 2.05) is 30.3 Å². The molecule has 5 nitrogen and oxygen atoms in total. The Hall–Kier alpha value is -2.89. The number of hydrogen-bond acceptors (Lipinski definition) is 5. The van der Waals surface area contributed by atoms with Crippen LogP contribution in [-0.2, 0) is 12.8 Å². The molecule has 0 saturated heterocycles. The van der Waals surface area contributed by atoms with Crippen LogP contribution in [-0.4, -0.2) is 34.4 Å². The van der Waals surface area contributed by atoms with Gasteiger partial charge in [0.1, 0.15) is 11.4 Å². The number of benzene rings is 2. The molecule has 2 heterocycles. The fraction of sp³-hybridized carbons (Fsp3) is 0.414. The molecular formula is C29H35N3O2. The molecule has 3 N–H and O–H groups in total. The van der Waals surface area contributed by atoms with Gasteiger partial charge in [0, 0.05) is 42.7 Å². The van der Waals surface area contributed by atoms with Gasteiger partial charge in [-0.3, -0.25) is 4.98 Å². The highest BCUT2D eigenvalue weighted by molar-refractivity contribution is 5.44. The summed E-state index contributed by atoms with van der Waals surface area (Å²) >= 11 is 0. The molecule has 1 aliphatic heterocycles. The number of aliphatic hydroxyl groups excluding tert-OH is 1. The number of aromatic nitrogens is 1. The van der Waals surface area contributed by atoms with Gasteiger partial charge < -0.3 is 20.5 Å². The summed E-state index contributed by atoms with van der Waals surface area (Å²) in [6, 6.07) is 20.9. The fourth-order valence-corrected chi connectivity index (χ4v) is 5.22. The van der Waals surface area contributed by atoms with Crippen molar-refractivity contribution in [2.24, 2.45) is 0 Å². The standard InChI is InChI=1S/C29H35N3O2/c1-2-21-9-10-28-24(17-21)26(19-29(34-28)13-6-14-29)31-20-27(33)25(18-22-7-4-3-5-8-22)32-23-11-15-30-16-12-23/h3-5,7-12,15-17,25-27,31,33H,2,6,13-14,18-20H2,1H3,(H,30,32)/t25-,26-,27+/m0/s1. The van der Waals surface area contributed by atoms with Crippen molar-refractivity contribution in [1.82, 2.24) is 10.3 Å². The lowest BCUT2D eigenvalue weighted by Gasteiger charge is -2.48. The van der Waals surface area contributed by atoms with Gasteiger partial charge in [-0.25, -0.2) is 0 Å². The van der Waals surface area contributed by atoms with Gasteiger partial charge in [-0.15, -0.1) is 0 Å². The Morgan fingerprint density at radius 1 is 1.06 bits per heavy atom. The molecule has 1 spiro atoms. The van der Waals surface area contributed by atoms with E-state index < -0.39 is 6.10 Å². The van der Waals surface area contributed by atoms with Crippen LogP contribution < -0.4 is 15.4 Å². The average Bonchev–Trinajstić information content (AvgIpc) is 2.86. The molecule has 0 unspecified atom stereocenters. The van der Waals surface area contributed by atoms with Crippen molar-refractivity contribution in [2.45, 2.75) is 69.2 Å². The van der Waals surface area contributed by atoms with Gasteiger partial charge in [0.2, 0.25) is 0 Å². The lowest BCUT2D eigenvalue weighted by molar-refractivity contribution is -0.0380. The maximum atomic E-state index is 11.3. The first-order chi connectivity index (χ1) is 16.6. The molecule has 1 fully saturated rings. The number of aryl methyl sites for hydroxylation is 1. The predicted molar refractivity (Wildman–Crippen MR) is 136 cm³/mol. The van der Waals surface area contributed by atoms with E-state index in [9.17, 15) is 5.11 Å². The molecule has 34 heavy (non-hydrogen) atoms. The molecule has 178 valence electrons. The molecule has 5 rings (SSSR count). The molecule has 3 aromatic rings. The Morgan fingerprint density at radius 2 is 1.85 bits per heavy atom. The molecule has 5 heteroatoms. The number of rotatable bonds is 9. The molecule has 1 saturated carbocycles. The highest BCUT2D eigenvalue weighted by atomic mass is 16.5. The number of fused-ring (bicyclic) bond motifs is 1. The van der Waals surface area contributed by atoms with Crippen LogP contribution in [0.2, 0.25) is 0 Å². The minimum atomic E-state index is -0.564. The van der Waals surface area contributed by atoms with Crippen LogP contribution in [0.25, 0.3) is 0 Å². The van der Waals surface area contributed by atoms with Crippen molar-refractivity contribution < 1.29 is 9.84 Å². The predicted octanol–water partition coefficient (Wildman–Crippen LogP) is 5.06. The zero-order valence-corrected chi connectivity index (χ0v) is 19.9. The molecule has 0 amide bonds. The second-order valence-corrected chi connectivity index (χ2v) is 9.77. The average molecular weight is 458 g/mol. The van der Waals surface area contributed by atoms with Crippen LogP contribution in [0.15, 0.2) is 73.1 Å². The third-order valence-corrected chi connectivity index (χ3v) is 7.39. The maximum Gasteiger partial charge on any atom is 0.124 e. The van der Waals surface area contributed by atoms with E-state index in [2.05, 4.69) is 52.9 Å². The van der Waals surface area contributed by atoms with Crippen molar-refractivity contribution in [3.8, 4) is 5.75 Å². The van der Waals surface area contributed by atoms with Crippen LogP contribution in [0.5, 0.6) is 5.75 Å². The van der Waals surface area contributed by atoms with Crippen molar-refractivity contribution in [3.05, 3.63) is 89.7 Å². The number of pyridine rings is 1. The second-order valence-electron chi connectivity index (χ2n) is 9.77. The lowest BCUT2D eigenvalue weighted by Crippen LogP contribution is -2.50. The number of hydrogen-bond donors (Lipinski definition) is 3. The summed E-state index contributed by atoms with van der Waals surface area (Å²) in [6.07, 6.45) is 9.14. The van der Waals surface area contributed by atoms with Gasteiger partial charge in [-0.05, 0) is 61.4 Å². The molecule has 3 atom stereocenters. The number of ether oxygens (including phenoxy) is 1. The maximum absolute atomic E-state index is 11.3. The molecule has 0 bridgehead atoms. The molecule has 2 aliphatic rings. The smallest absolute Gasteiger partial charge is 0.124 e. The third kappa shape index (κ3) is 5.11. The Morgan fingerprint density at radius 3 is 2.56 bits per heavy atom. The van der Waals surface area contributed by atoms with Gasteiger partial charge in [-0.1, -0.05) is 49.4 Å². The first kappa shape index (κ1) is 22.9. The van der Waals surface area contributed by atoms with E-state index in [4.69, 9.17) is 4.74 Å². The number of nitrogens with one attached hydrogen (secondary N) is 2. The van der Waals surface area contributed by atoms with Crippen molar-refractivity contribution in [3.63, 3.8) is 0 Å². The van der Waals surface area contributed by atoms with Crippen LogP contribution in [0.3, 0.4) is 0 Å². The van der Waals surface area contributed by atoms with Crippen molar-refractivity contribution in [2.75, 3.05) is 11.9 Å². The van der Waals surface area contributed by atoms with E-state index >= 15 is 0 Å². The van der Waals surface area contributed by atoms with E-state index in [1.54, 1.807) is 12.4 Å². The first-order valence-electron chi connectivity index (χ1n) is 12.6. The number of nitrogens with zero attached hydrogens (tertiary/aromatic N) is 1. The molecule has 2 aromatic carbocycles. The Balaban J connectivity index is 1.32. The minimum absolute atomic E-state index is 0.0396. The number of aliphatic hydroxyl groups is 1. The lowest BCUT2D eigenvalue weighted by atomic mass is 9.72. The Bertz CT molecular complexity index is 1030. The van der Waals surface area contributed by atoms with Crippen LogP contribution in [0.4, 0.5) is 5.69 Å². The van der Waals surface area contributed by atoms with E-state index in [1.165, 1.54) is 23.1 Å². The molecule has 0 radical (unpaired) electrons. The summed E-state index contributed by atoms with van der Waals surface area (Å²) in [5, 5.41) is 18.6. The Labute approximate surface area is 202 Å². The van der Waals surface area contributed by atoms with Crippen LogP contribution in [0, 0.1) is 0 Å². The normalized spacial score (nSPS) is 20.0. The summed E-state index contributed by atoms with van der Waals surface area (Å²) in [5.74, 6) is 1.01. The SMILES string of the molecule is CCc1ccc2c(c1)[C@@H](NC[C@@H](O)[C@H](Cc1ccccc1)Nc1ccncc1)CC1(CCC1)O2. The number of anilines is 1. The molecule has 1 aliphatic carbocycles. The van der Waals surface area contributed by atoms with Gasteiger partial charge in [0.15, 0.2) is 0 Å². The summed E-state index contributed by atoms with van der Waals surface area (Å²) in [4.78, 5) is 4.11. The van der Waals surface area contributed by atoms with Crippen molar-refractivity contribution >= 4 is 5.69 Å². The van der Waals surface area contributed by atoms with E-state index in [-0.39, 0.29) is 17.7 Å². The van der Waals surface area contributed by atoms with E-state index in [0.29, 0.717) is 6.54 Å². The Kier molecular flexibility index (Phi) is 6.84. The summed E-state index contributed by atoms with van der Waals surface area (Å²) < 4.78 is 6.48. The van der Waals surface area contributed by atoms with Gasteiger partial charge in [0.25, 0.3) is 0 Å². The topological polar surface area (TPSA) is 66.4 Å². The monoisotopic (exact) mass is 457 g/mol. The van der Waals surface area contributed by atoms with Gasteiger partial charge in [0.05, 0.1) is 12.1 Å². The summed E-state index contributed by atoms with van der Waals surface area (Å²) in [6.45, 7) is 2.69. The largest absolute Gasteiger partial charge is 0.487 e. The van der Waals surface area contributed by atoms with Gasteiger partial charge >= 0.3 is 0 Å². The first-order valence-corrected chi connectivity index (χ1v) is 12.6. The summed E-state index contributed by atoms with van der Waals surface area (Å²) in [5.41, 5.74) is 4.67. The summed E-state index contributed by atoms with van der Waals surface area (Å²) in [7, 11) is 0. The highest BCUT2D eigenvalue weighted by Crippen LogP contribution is 2.49. The van der Waals surface area contributed by atoms with Crippen molar-refractivity contribution in [1.29, 1.82) is 0 Å². The fourth-order valence-electron chi connectivity index (χ4n) is 5.22. The van der Waals surface area contributed by atoms with Crippen LogP contribution in [0.1, 0.15) is 55.3 Å².